The molecular formula is C12H17NO3S. The van der Waals surface area contributed by atoms with Gasteiger partial charge in [0, 0.05) is 7.11 Å². The lowest BCUT2D eigenvalue weighted by Gasteiger charge is -2.24. The lowest BCUT2D eigenvalue weighted by atomic mass is 10.0. The molecule has 1 aliphatic rings. The van der Waals surface area contributed by atoms with Gasteiger partial charge in [-0.2, -0.15) is 0 Å². The minimum absolute atomic E-state index is 0.276. The number of carbonyl (C=O) groups is 1. The van der Waals surface area contributed by atoms with E-state index in [9.17, 15) is 4.79 Å². The molecule has 0 spiro atoms. The van der Waals surface area contributed by atoms with Crippen LogP contribution in [-0.2, 0) is 15.1 Å². The second kappa shape index (κ2) is 4.74. The molecule has 1 aromatic rings. The van der Waals surface area contributed by atoms with Gasteiger partial charge in [0.15, 0.2) is 0 Å². The number of thiazole rings is 1. The normalized spacial score (nSPS) is 18.3. The number of esters is 1. The Morgan fingerprint density at radius 1 is 1.35 bits per heavy atom. The van der Waals surface area contributed by atoms with Crippen LogP contribution in [0.5, 0.6) is 0 Å². The predicted molar refractivity (Wildman–Crippen MR) is 65.3 cm³/mol. The van der Waals surface area contributed by atoms with E-state index in [-0.39, 0.29) is 11.6 Å². The van der Waals surface area contributed by atoms with Crippen LogP contribution in [0.15, 0.2) is 0 Å². The van der Waals surface area contributed by atoms with Gasteiger partial charge in [-0.05, 0) is 19.8 Å². The van der Waals surface area contributed by atoms with Crippen molar-refractivity contribution in [2.45, 2.75) is 38.2 Å². The van der Waals surface area contributed by atoms with Gasteiger partial charge in [0.25, 0.3) is 0 Å². The predicted octanol–water partition coefficient (Wildman–Crippen LogP) is 2.65. The third kappa shape index (κ3) is 2.09. The highest BCUT2D eigenvalue weighted by molar-refractivity contribution is 7.13. The first kappa shape index (κ1) is 12.5. The van der Waals surface area contributed by atoms with Gasteiger partial charge in [-0.25, -0.2) is 9.78 Å². The molecule has 0 aromatic carbocycles. The zero-order valence-corrected chi connectivity index (χ0v) is 11.2. The van der Waals surface area contributed by atoms with Crippen LogP contribution in [0.1, 0.15) is 46.1 Å². The van der Waals surface area contributed by atoms with Crippen molar-refractivity contribution in [1.29, 1.82) is 0 Å². The number of aromatic nitrogens is 1. The highest BCUT2D eigenvalue weighted by Gasteiger charge is 2.39. The van der Waals surface area contributed by atoms with Crippen molar-refractivity contribution in [3.05, 3.63) is 15.6 Å². The van der Waals surface area contributed by atoms with Gasteiger partial charge in [-0.1, -0.05) is 12.8 Å². The molecule has 4 nitrogen and oxygen atoms in total. The summed E-state index contributed by atoms with van der Waals surface area (Å²) in [6.45, 7) is 1.84. The summed E-state index contributed by atoms with van der Waals surface area (Å²) in [5, 5.41) is 0.912. The first-order valence-electron chi connectivity index (χ1n) is 5.74. The molecule has 1 aromatic heterocycles. The summed E-state index contributed by atoms with van der Waals surface area (Å²) >= 11 is 1.40. The molecule has 0 amide bonds. The van der Waals surface area contributed by atoms with E-state index >= 15 is 0 Å². The van der Waals surface area contributed by atoms with E-state index in [4.69, 9.17) is 9.47 Å². The molecule has 1 saturated carbocycles. The fourth-order valence-electron chi connectivity index (χ4n) is 2.32. The van der Waals surface area contributed by atoms with Crippen molar-refractivity contribution >= 4 is 17.3 Å². The standard InChI is InChI=1S/C12H17NO3S/c1-8-9(10(14)15-2)17-11(13-8)12(16-3)6-4-5-7-12/h4-7H2,1-3H3. The number of aryl methyl sites for hydroxylation is 1. The minimum atomic E-state index is -0.310. The number of carbonyl (C=O) groups excluding carboxylic acids is 1. The van der Waals surface area contributed by atoms with E-state index in [1.165, 1.54) is 18.4 Å². The fourth-order valence-corrected chi connectivity index (χ4v) is 3.53. The Bertz CT molecular complexity index is 421. The van der Waals surface area contributed by atoms with Crippen LogP contribution in [0, 0.1) is 6.92 Å². The van der Waals surface area contributed by atoms with Crippen LogP contribution >= 0.6 is 11.3 Å². The number of hydrogen-bond donors (Lipinski definition) is 0. The summed E-state index contributed by atoms with van der Waals surface area (Å²) in [5.41, 5.74) is 0.460. The van der Waals surface area contributed by atoms with Crippen molar-refractivity contribution in [2.75, 3.05) is 14.2 Å². The SMILES string of the molecule is COC(=O)c1sc(C2(OC)CCCC2)nc1C. The van der Waals surface area contributed by atoms with E-state index in [0.717, 1.165) is 36.4 Å². The molecule has 2 rings (SSSR count). The zero-order chi connectivity index (χ0) is 12.5. The molecule has 1 heterocycles. The average Bonchev–Trinajstić information content (AvgIpc) is 2.95. The second-order valence-electron chi connectivity index (χ2n) is 4.33. The smallest absolute Gasteiger partial charge is 0.349 e. The molecule has 1 fully saturated rings. The summed E-state index contributed by atoms with van der Waals surface area (Å²) in [6, 6.07) is 0. The van der Waals surface area contributed by atoms with E-state index in [1.807, 2.05) is 6.92 Å². The molecule has 5 heteroatoms. The quantitative estimate of drug-likeness (QED) is 0.779. The Hall–Kier alpha value is -0.940. The molecule has 0 N–H and O–H groups in total. The number of ether oxygens (including phenoxy) is 2. The van der Waals surface area contributed by atoms with E-state index < -0.39 is 0 Å². The van der Waals surface area contributed by atoms with Gasteiger partial charge in [0.1, 0.15) is 15.5 Å². The Morgan fingerprint density at radius 2 is 2.00 bits per heavy atom. The summed E-state index contributed by atoms with van der Waals surface area (Å²) < 4.78 is 10.4. The maximum absolute atomic E-state index is 11.6. The molecule has 0 bridgehead atoms. The molecular weight excluding hydrogens is 238 g/mol. The van der Waals surface area contributed by atoms with Crippen LogP contribution in [0.2, 0.25) is 0 Å². The lowest BCUT2D eigenvalue weighted by Crippen LogP contribution is -2.24. The Balaban J connectivity index is 2.36. The second-order valence-corrected chi connectivity index (χ2v) is 5.33. The van der Waals surface area contributed by atoms with E-state index in [0.29, 0.717) is 4.88 Å². The highest BCUT2D eigenvalue weighted by Crippen LogP contribution is 2.43. The van der Waals surface area contributed by atoms with E-state index in [1.54, 1.807) is 7.11 Å². The Labute approximate surface area is 105 Å². The number of methoxy groups -OCH3 is 2. The van der Waals surface area contributed by atoms with Crippen LogP contribution in [-0.4, -0.2) is 25.2 Å². The van der Waals surface area contributed by atoms with Crippen molar-refractivity contribution in [3.8, 4) is 0 Å². The van der Waals surface area contributed by atoms with Gasteiger partial charge in [0.2, 0.25) is 0 Å². The van der Waals surface area contributed by atoms with Crippen LogP contribution in [0.25, 0.3) is 0 Å². The van der Waals surface area contributed by atoms with Crippen molar-refractivity contribution in [1.82, 2.24) is 4.98 Å². The number of rotatable bonds is 3. The Kier molecular flexibility index (Phi) is 3.49. The minimum Gasteiger partial charge on any atom is -0.465 e. The molecule has 94 valence electrons. The zero-order valence-electron chi connectivity index (χ0n) is 10.4. The van der Waals surface area contributed by atoms with Gasteiger partial charge in [-0.15, -0.1) is 11.3 Å². The summed E-state index contributed by atoms with van der Waals surface area (Å²) in [7, 11) is 3.11. The van der Waals surface area contributed by atoms with Crippen molar-refractivity contribution in [2.24, 2.45) is 0 Å². The van der Waals surface area contributed by atoms with Crippen molar-refractivity contribution in [3.63, 3.8) is 0 Å². The number of nitrogens with zero attached hydrogens (tertiary/aromatic N) is 1. The maximum Gasteiger partial charge on any atom is 0.349 e. The molecule has 1 aliphatic carbocycles. The monoisotopic (exact) mass is 255 g/mol. The van der Waals surface area contributed by atoms with Crippen LogP contribution in [0.4, 0.5) is 0 Å². The lowest BCUT2D eigenvalue weighted by molar-refractivity contribution is -0.00893. The average molecular weight is 255 g/mol. The van der Waals surface area contributed by atoms with Gasteiger partial charge >= 0.3 is 5.97 Å². The van der Waals surface area contributed by atoms with E-state index in [2.05, 4.69) is 4.98 Å². The summed E-state index contributed by atoms with van der Waals surface area (Å²) in [5.74, 6) is -0.310. The molecule has 0 atom stereocenters. The number of hydrogen-bond acceptors (Lipinski definition) is 5. The summed E-state index contributed by atoms with van der Waals surface area (Å²) in [6.07, 6.45) is 4.27. The first-order valence-corrected chi connectivity index (χ1v) is 6.56. The molecule has 17 heavy (non-hydrogen) atoms. The fraction of sp³-hybridized carbons (Fsp3) is 0.667. The third-order valence-corrected chi connectivity index (χ3v) is 4.68. The van der Waals surface area contributed by atoms with Crippen LogP contribution < -0.4 is 0 Å². The maximum atomic E-state index is 11.6. The van der Waals surface area contributed by atoms with Gasteiger partial charge < -0.3 is 9.47 Å². The van der Waals surface area contributed by atoms with Crippen LogP contribution in [0.3, 0.4) is 0 Å². The Morgan fingerprint density at radius 3 is 2.53 bits per heavy atom. The van der Waals surface area contributed by atoms with Crippen molar-refractivity contribution < 1.29 is 14.3 Å². The van der Waals surface area contributed by atoms with Gasteiger partial charge in [0.05, 0.1) is 12.8 Å². The molecule has 0 saturated heterocycles. The summed E-state index contributed by atoms with van der Waals surface area (Å²) in [4.78, 5) is 16.6. The largest absolute Gasteiger partial charge is 0.465 e. The topological polar surface area (TPSA) is 48.4 Å². The molecule has 0 aliphatic heterocycles. The molecule has 0 unspecified atom stereocenters. The highest BCUT2D eigenvalue weighted by atomic mass is 32.1. The first-order chi connectivity index (χ1) is 8.13. The molecule has 0 radical (unpaired) electrons. The van der Waals surface area contributed by atoms with Gasteiger partial charge in [-0.3, -0.25) is 0 Å². The third-order valence-electron chi connectivity index (χ3n) is 3.36.